The van der Waals surface area contributed by atoms with Crippen molar-refractivity contribution < 1.29 is 17.9 Å². The van der Waals surface area contributed by atoms with E-state index in [0.29, 0.717) is 19.5 Å². The van der Waals surface area contributed by atoms with Crippen molar-refractivity contribution in [1.29, 1.82) is 0 Å². The fraction of sp³-hybridized carbons (Fsp3) is 0.421. The van der Waals surface area contributed by atoms with E-state index in [1.54, 1.807) is 11.3 Å². The number of carbonyl (C=O) groups is 1. The van der Waals surface area contributed by atoms with Gasteiger partial charge in [-0.2, -0.15) is 0 Å². The second-order valence-corrected chi connectivity index (χ2v) is 9.78. The number of likely N-dealkylation sites (tertiary alicyclic amines) is 1. The molecule has 2 heterocycles. The quantitative estimate of drug-likeness (QED) is 0.764. The molecule has 0 saturated carbocycles. The Kier molecular flexibility index (Phi) is 6.51. The van der Waals surface area contributed by atoms with Crippen molar-refractivity contribution in [1.82, 2.24) is 9.62 Å². The number of hydrogen-bond donors (Lipinski definition) is 1. The fourth-order valence-corrected chi connectivity index (χ4v) is 5.33. The van der Waals surface area contributed by atoms with Crippen molar-refractivity contribution in [3.8, 4) is 0 Å². The number of carbonyl (C=O) groups excluding carboxylic acids is 1. The first kappa shape index (κ1) is 19.9. The van der Waals surface area contributed by atoms with Gasteiger partial charge in [-0.3, -0.25) is 0 Å². The summed E-state index contributed by atoms with van der Waals surface area (Å²) in [7, 11) is -3.48. The van der Waals surface area contributed by atoms with E-state index in [1.807, 2.05) is 42.5 Å². The summed E-state index contributed by atoms with van der Waals surface area (Å²) < 4.78 is 33.1. The highest BCUT2D eigenvalue weighted by Crippen LogP contribution is 2.20. The molecule has 1 N–H and O–H groups in total. The summed E-state index contributed by atoms with van der Waals surface area (Å²) in [6.45, 7) is 3.10. The summed E-state index contributed by atoms with van der Waals surface area (Å²) >= 11 is 1.61. The summed E-state index contributed by atoms with van der Waals surface area (Å²) in [6, 6.07) is 13.4. The topological polar surface area (TPSA) is 75.7 Å². The van der Waals surface area contributed by atoms with E-state index >= 15 is 0 Å². The van der Waals surface area contributed by atoms with Crippen LogP contribution in [0.1, 0.15) is 28.7 Å². The summed E-state index contributed by atoms with van der Waals surface area (Å²) in [5.74, 6) is 0. The number of aryl methyl sites for hydroxylation is 1. The van der Waals surface area contributed by atoms with Crippen LogP contribution in [0.3, 0.4) is 0 Å². The first-order chi connectivity index (χ1) is 13.0. The average molecular weight is 409 g/mol. The lowest BCUT2D eigenvalue weighted by Gasteiger charge is -2.17. The van der Waals surface area contributed by atoms with Crippen molar-refractivity contribution in [2.24, 2.45) is 0 Å². The Morgan fingerprint density at radius 3 is 2.67 bits per heavy atom. The van der Waals surface area contributed by atoms with Gasteiger partial charge in [0.2, 0.25) is 10.0 Å². The van der Waals surface area contributed by atoms with Gasteiger partial charge in [0.1, 0.15) is 6.61 Å². The van der Waals surface area contributed by atoms with E-state index < -0.39 is 21.4 Å². The van der Waals surface area contributed by atoms with Gasteiger partial charge in [0.25, 0.3) is 0 Å². The Hall–Kier alpha value is -1.90. The first-order valence-corrected chi connectivity index (χ1v) is 11.4. The maximum Gasteiger partial charge on any atom is 0.410 e. The molecular weight excluding hydrogens is 384 g/mol. The lowest BCUT2D eigenvalue weighted by atomic mass is 10.2. The summed E-state index contributed by atoms with van der Waals surface area (Å²) in [6.07, 6.45) is 0.892. The van der Waals surface area contributed by atoms with Crippen molar-refractivity contribution >= 4 is 27.5 Å². The van der Waals surface area contributed by atoms with Crippen molar-refractivity contribution in [3.63, 3.8) is 0 Å². The maximum absolute atomic E-state index is 12.5. The van der Waals surface area contributed by atoms with Crippen LogP contribution in [0.4, 0.5) is 4.79 Å². The number of nitrogens with one attached hydrogen (secondary N) is 1. The van der Waals surface area contributed by atoms with Crippen LogP contribution in [-0.4, -0.2) is 37.8 Å². The number of hydrogen-bond acceptors (Lipinski definition) is 5. The molecule has 0 unspecified atom stereocenters. The molecule has 3 rings (SSSR count). The first-order valence-electron chi connectivity index (χ1n) is 8.99. The largest absolute Gasteiger partial charge is 0.445 e. The van der Waals surface area contributed by atoms with Crippen LogP contribution < -0.4 is 4.72 Å². The molecule has 1 aliphatic rings. The molecule has 6 nitrogen and oxygen atoms in total. The third-order valence-corrected chi connectivity index (χ3v) is 7.60. The van der Waals surface area contributed by atoms with Gasteiger partial charge in [-0.05, 0) is 30.5 Å². The van der Waals surface area contributed by atoms with Gasteiger partial charge >= 0.3 is 6.09 Å². The Morgan fingerprint density at radius 2 is 1.96 bits per heavy atom. The zero-order chi connectivity index (χ0) is 19.3. The Morgan fingerprint density at radius 1 is 1.22 bits per heavy atom. The SMILES string of the molecule is CCc1ccc(CNS(=O)(=O)[C@@H]2CCN(C(=O)OCc3ccccc3)C2)s1. The van der Waals surface area contributed by atoms with E-state index in [9.17, 15) is 13.2 Å². The predicted octanol–water partition coefficient (Wildman–Crippen LogP) is 3.14. The molecule has 1 amide bonds. The molecule has 1 atom stereocenters. The molecule has 1 saturated heterocycles. The second kappa shape index (κ2) is 8.86. The number of ether oxygens (including phenoxy) is 1. The third-order valence-electron chi connectivity index (χ3n) is 4.56. The molecule has 1 fully saturated rings. The monoisotopic (exact) mass is 408 g/mol. The highest BCUT2D eigenvalue weighted by molar-refractivity contribution is 7.90. The van der Waals surface area contributed by atoms with Crippen LogP contribution in [0, 0.1) is 0 Å². The standard InChI is InChI=1S/C19H24N2O4S2/c1-2-16-8-9-17(26-16)12-20-27(23,24)18-10-11-21(13-18)19(22)25-14-15-6-4-3-5-7-15/h3-9,18,20H,2,10-14H2,1H3/t18-/m1/s1. The zero-order valence-corrected chi connectivity index (χ0v) is 16.9. The highest BCUT2D eigenvalue weighted by atomic mass is 32.2. The number of nitrogens with zero attached hydrogens (tertiary/aromatic N) is 1. The number of sulfonamides is 1. The molecule has 8 heteroatoms. The van der Waals surface area contributed by atoms with Gasteiger partial charge in [-0.25, -0.2) is 17.9 Å². The van der Waals surface area contributed by atoms with Crippen LogP contribution >= 0.6 is 11.3 Å². The van der Waals surface area contributed by atoms with Gasteiger partial charge < -0.3 is 9.64 Å². The highest BCUT2D eigenvalue weighted by Gasteiger charge is 2.35. The molecule has 1 aromatic carbocycles. The normalized spacial score (nSPS) is 17.2. The molecule has 146 valence electrons. The Bertz CT molecular complexity index is 865. The zero-order valence-electron chi connectivity index (χ0n) is 15.3. The van der Waals surface area contributed by atoms with Crippen molar-refractivity contribution in [3.05, 3.63) is 57.8 Å². The van der Waals surface area contributed by atoms with Gasteiger partial charge in [0.05, 0.1) is 5.25 Å². The second-order valence-electron chi connectivity index (χ2n) is 6.48. The van der Waals surface area contributed by atoms with Gasteiger partial charge in [-0.15, -0.1) is 11.3 Å². The molecule has 1 aromatic heterocycles. The van der Waals surface area contributed by atoms with E-state index in [2.05, 4.69) is 11.6 Å². The lowest BCUT2D eigenvalue weighted by molar-refractivity contribution is 0.104. The average Bonchev–Trinajstić information content (AvgIpc) is 3.35. The summed E-state index contributed by atoms with van der Waals surface area (Å²) in [4.78, 5) is 15.9. The van der Waals surface area contributed by atoms with Crippen LogP contribution in [0.25, 0.3) is 0 Å². The Balaban J connectivity index is 1.49. The molecular formula is C19H24N2O4S2. The van der Waals surface area contributed by atoms with Crippen LogP contribution in [0.2, 0.25) is 0 Å². The smallest absolute Gasteiger partial charge is 0.410 e. The number of benzene rings is 1. The van der Waals surface area contributed by atoms with Crippen LogP contribution in [0.15, 0.2) is 42.5 Å². The van der Waals surface area contributed by atoms with Crippen molar-refractivity contribution in [2.75, 3.05) is 13.1 Å². The summed E-state index contributed by atoms with van der Waals surface area (Å²) in [5.41, 5.74) is 0.901. The van der Waals surface area contributed by atoms with Gasteiger partial charge in [0, 0.05) is 29.4 Å². The van der Waals surface area contributed by atoms with Crippen LogP contribution in [0.5, 0.6) is 0 Å². The minimum Gasteiger partial charge on any atom is -0.445 e. The van der Waals surface area contributed by atoms with Gasteiger partial charge in [0.15, 0.2) is 0 Å². The lowest BCUT2D eigenvalue weighted by Crippen LogP contribution is -2.37. The van der Waals surface area contributed by atoms with E-state index in [0.717, 1.165) is 16.9 Å². The minimum absolute atomic E-state index is 0.160. The maximum atomic E-state index is 12.5. The summed E-state index contributed by atoms with van der Waals surface area (Å²) in [5, 5.41) is -0.604. The van der Waals surface area contributed by atoms with Gasteiger partial charge in [-0.1, -0.05) is 37.3 Å². The molecule has 1 aliphatic heterocycles. The number of thiophene rings is 1. The molecule has 0 bridgehead atoms. The van der Waals surface area contributed by atoms with Crippen LogP contribution in [-0.2, 0) is 34.3 Å². The van der Waals surface area contributed by atoms with E-state index in [4.69, 9.17) is 4.74 Å². The molecule has 27 heavy (non-hydrogen) atoms. The fourth-order valence-electron chi connectivity index (χ4n) is 2.95. The molecule has 0 radical (unpaired) electrons. The van der Waals surface area contributed by atoms with E-state index in [-0.39, 0.29) is 13.2 Å². The van der Waals surface area contributed by atoms with Crippen molar-refractivity contribution in [2.45, 2.75) is 38.2 Å². The van der Waals surface area contributed by atoms with E-state index in [1.165, 1.54) is 9.78 Å². The predicted molar refractivity (Wildman–Crippen MR) is 106 cm³/mol. The Labute approximate surface area is 164 Å². The molecule has 2 aromatic rings. The minimum atomic E-state index is -3.48. The molecule has 0 aliphatic carbocycles. The molecule has 0 spiro atoms. The number of amides is 1. The third kappa shape index (κ3) is 5.31. The number of rotatable bonds is 7.